The first-order valence-electron chi connectivity index (χ1n) is 15.8. The van der Waals surface area contributed by atoms with Gasteiger partial charge in [0.1, 0.15) is 17.2 Å². The van der Waals surface area contributed by atoms with Crippen molar-refractivity contribution in [1.82, 2.24) is 5.32 Å². The summed E-state index contributed by atoms with van der Waals surface area (Å²) in [4.78, 5) is 19.6. The van der Waals surface area contributed by atoms with Gasteiger partial charge in [0.05, 0.1) is 31.5 Å². The number of hydrogen-bond donors (Lipinski definition) is 2. The van der Waals surface area contributed by atoms with Crippen molar-refractivity contribution in [2.24, 2.45) is 4.99 Å². The highest BCUT2D eigenvalue weighted by molar-refractivity contribution is 9.10. The highest BCUT2D eigenvalue weighted by Gasteiger charge is 2.53. The third-order valence-electron chi connectivity index (χ3n) is 8.22. The smallest absolute Gasteiger partial charge is 0.252 e. The van der Waals surface area contributed by atoms with Gasteiger partial charge >= 0.3 is 0 Å². The summed E-state index contributed by atoms with van der Waals surface area (Å²) in [5.41, 5.74) is 0.450. The first-order chi connectivity index (χ1) is 23.7. The molecular weight excluding hydrogens is 712 g/mol. The molecule has 1 amide bonds. The van der Waals surface area contributed by atoms with Crippen molar-refractivity contribution in [3.05, 3.63) is 118 Å². The van der Waals surface area contributed by atoms with E-state index >= 15 is 0 Å². The number of amides is 1. The predicted molar refractivity (Wildman–Crippen MR) is 190 cm³/mol. The molecule has 12 heteroatoms. The molecule has 5 rings (SSSR count). The van der Waals surface area contributed by atoms with Crippen molar-refractivity contribution in [2.75, 3.05) is 39.7 Å². The van der Waals surface area contributed by atoms with Gasteiger partial charge in [0, 0.05) is 36.0 Å². The minimum atomic E-state index is -3.79. The van der Waals surface area contributed by atoms with Crippen molar-refractivity contribution in [3.8, 4) is 17.2 Å². The summed E-state index contributed by atoms with van der Waals surface area (Å²) in [6.07, 6.45) is -0.165. The Morgan fingerprint density at radius 2 is 1.67 bits per heavy atom. The summed E-state index contributed by atoms with van der Waals surface area (Å²) in [6, 6.07) is 28.0. The second-order valence-electron chi connectivity index (χ2n) is 11.4. The van der Waals surface area contributed by atoms with E-state index in [4.69, 9.17) is 29.0 Å². The van der Waals surface area contributed by atoms with E-state index in [1.54, 1.807) is 80.9 Å². The molecule has 0 unspecified atom stereocenters. The maximum atomic E-state index is 14.5. The molecule has 0 saturated heterocycles. The van der Waals surface area contributed by atoms with Crippen LogP contribution in [0.4, 0.5) is 0 Å². The standard InChI is InChI=1S/C37H39BrN2O8S/c1-45-31-17-18-33(46-2)28(25-31)19-21-39-36(42)37(20-24-49(43,44)32-7-4-3-5-8-32)34(26-9-13-29(38)14-10-26)48-35(40-37)27-11-15-30(16-12-27)47-23-6-22-41/h3-5,7-18,25,34,41H,6,19-24H2,1-2H3,(H,39,42)/t34-,37-/m1/s1. The molecule has 0 aromatic heterocycles. The Morgan fingerprint density at radius 3 is 2.35 bits per heavy atom. The fraction of sp³-hybridized carbons (Fsp3) is 0.297. The zero-order valence-corrected chi connectivity index (χ0v) is 29.7. The Bertz CT molecular complexity index is 1850. The van der Waals surface area contributed by atoms with E-state index < -0.39 is 27.4 Å². The summed E-state index contributed by atoms with van der Waals surface area (Å²) in [6.45, 7) is 0.602. The van der Waals surface area contributed by atoms with E-state index in [0.717, 1.165) is 10.0 Å². The Kier molecular flexibility index (Phi) is 12.0. The van der Waals surface area contributed by atoms with E-state index in [2.05, 4.69) is 21.2 Å². The molecule has 0 spiro atoms. The number of ether oxygens (including phenoxy) is 4. The number of nitrogens with one attached hydrogen (secondary N) is 1. The molecule has 10 nitrogen and oxygen atoms in total. The van der Waals surface area contributed by atoms with E-state index in [9.17, 15) is 13.2 Å². The molecule has 1 aliphatic rings. The van der Waals surface area contributed by atoms with Crippen LogP contribution < -0.4 is 19.5 Å². The normalized spacial score (nSPS) is 17.1. The van der Waals surface area contributed by atoms with Gasteiger partial charge in [0.15, 0.2) is 21.5 Å². The number of aliphatic hydroxyl groups is 1. The molecule has 0 radical (unpaired) electrons. The second-order valence-corrected chi connectivity index (χ2v) is 14.4. The summed E-state index contributed by atoms with van der Waals surface area (Å²) in [7, 11) is -0.630. The molecule has 0 aliphatic carbocycles. The minimum absolute atomic E-state index is 0.0252. The van der Waals surface area contributed by atoms with Gasteiger partial charge in [0.25, 0.3) is 5.91 Å². The maximum absolute atomic E-state index is 14.5. The monoisotopic (exact) mass is 750 g/mol. The molecular formula is C37H39BrN2O8S. The summed E-state index contributed by atoms with van der Waals surface area (Å²) < 4.78 is 51.1. The molecule has 4 aromatic carbocycles. The zero-order chi connectivity index (χ0) is 34.9. The summed E-state index contributed by atoms with van der Waals surface area (Å²) >= 11 is 3.48. The lowest BCUT2D eigenvalue weighted by molar-refractivity contribution is -0.129. The summed E-state index contributed by atoms with van der Waals surface area (Å²) in [5, 5.41) is 12.1. The molecule has 0 bridgehead atoms. The van der Waals surface area contributed by atoms with Crippen LogP contribution in [-0.4, -0.2) is 70.6 Å². The summed E-state index contributed by atoms with van der Waals surface area (Å²) in [5.74, 6) is 1.30. The molecule has 0 fully saturated rings. The molecule has 2 atom stereocenters. The van der Waals surface area contributed by atoms with Crippen molar-refractivity contribution in [1.29, 1.82) is 0 Å². The molecule has 4 aromatic rings. The van der Waals surface area contributed by atoms with Gasteiger partial charge < -0.3 is 29.4 Å². The van der Waals surface area contributed by atoms with E-state index in [0.29, 0.717) is 47.8 Å². The maximum Gasteiger partial charge on any atom is 0.252 e. The number of carbonyl (C=O) groups is 1. The second kappa shape index (κ2) is 16.3. The van der Waals surface area contributed by atoms with Crippen LogP contribution >= 0.6 is 15.9 Å². The number of halogens is 1. The largest absolute Gasteiger partial charge is 0.497 e. The average Bonchev–Trinajstić information content (AvgIpc) is 3.52. The van der Waals surface area contributed by atoms with Crippen LogP contribution in [-0.2, 0) is 25.8 Å². The lowest BCUT2D eigenvalue weighted by Crippen LogP contribution is -2.49. The predicted octanol–water partition coefficient (Wildman–Crippen LogP) is 5.71. The van der Waals surface area contributed by atoms with E-state index in [-0.39, 0.29) is 36.1 Å². The third kappa shape index (κ3) is 8.62. The number of nitrogens with zero attached hydrogens (tertiary/aromatic N) is 1. The number of aliphatic hydroxyl groups excluding tert-OH is 1. The lowest BCUT2D eigenvalue weighted by Gasteiger charge is -2.30. The Balaban J connectivity index is 1.51. The number of aliphatic imine (C=N–C) groups is 1. The van der Waals surface area contributed by atoms with Crippen molar-refractivity contribution in [2.45, 2.75) is 35.8 Å². The van der Waals surface area contributed by atoms with Gasteiger partial charge in [-0.15, -0.1) is 0 Å². The fourth-order valence-corrected chi connectivity index (χ4v) is 7.24. The van der Waals surface area contributed by atoms with Crippen LogP contribution in [0, 0.1) is 0 Å². The quantitative estimate of drug-likeness (QED) is 0.139. The Hall–Kier alpha value is -4.39. The van der Waals surface area contributed by atoms with Crippen LogP contribution in [0.3, 0.4) is 0 Å². The van der Waals surface area contributed by atoms with Crippen LogP contribution in [0.25, 0.3) is 0 Å². The van der Waals surface area contributed by atoms with Gasteiger partial charge in [-0.3, -0.25) is 4.79 Å². The average molecular weight is 752 g/mol. The van der Waals surface area contributed by atoms with Gasteiger partial charge in [-0.05, 0) is 84.3 Å². The number of rotatable bonds is 16. The lowest BCUT2D eigenvalue weighted by atomic mass is 9.85. The van der Waals surface area contributed by atoms with Crippen LogP contribution in [0.15, 0.2) is 111 Å². The van der Waals surface area contributed by atoms with Crippen molar-refractivity contribution >= 4 is 37.6 Å². The first-order valence-corrected chi connectivity index (χ1v) is 18.3. The van der Waals surface area contributed by atoms with E-state index in [1.807, 2.05) is 30.3 Å². The van der Waals surface area contributed by atoms with Crippen LogP contribution in [0.5, 0.6) is 17.2 Å². The number of methoxy groups -OCH3 is 2. The molecule has 1 heterocycles. The number of hydrogen-bond acceptors (Lipinski definition) is 9. The molecule has 1 aliphatic heterocycles. The highest BCUT2D eigenvalue weighted by Crippen LogP contribution is 2.43. The van der Waals surface area contributed by atoms with E-state index in [1.165, 1.54) is 0 Å². The Labute approximate surface area is 295 Å². The minimum Gasteiger partial charge on any atom is -0.497 e. The number of carbonyl (C=O) groups excluding carboxylic acids is 1. The molecule has 258 valence electrons. The topological polar surface area (TPSA) is 133 Å². The molecule has 49 heavy (non-hydrogen) atoms. The number of benzene rings is 4. The van der Waals surface area contributed by atoms with Gasteiger partial charge in [-0.1, -0.05) is 46.3 Å². The highest BCUT2D eigenvalue weighted by atomic mass is 79.9. The van der Waals surface area contributed by atoms with Gasteiger partial charge in [-0.25, -0.2) is 13.4 Å². The SMILES string of the molecule is COc1ccc(OC)c(CCNC(=O)[C@]2(CCS(=O)(=O)c3ccccc3)N=C(c3ccc(OCCCO)cc3)O[C@@H]2c2ccc(Br)cc2)c1. The Morgan fingerprint density at radius 1 is 0.959 bits per heavy atom. The van der Waals surface area contributed by atoms with Crippen LogP contribution in [0.2, 0.25) is 0 Å². The third-order valence-corrected chi connectivity index (χ3v) is 10.5. The van der Waals surface area contributed by atoms with Crippen molar-refractivity contribution < 1.29 is 37.3 Å². The van der Waals surface area contributed by atoms with Gasteiger partial charge in [0.2, 0.25) is 5.90 Å². The molecule has 0 saturated carbocycles. The van der Waals surface area contributed by atoms with Gasteiger partial charge in [-0.2, -0.15) is 0 Å². The molecule has 2 N–H and O–H groups in total. The van der Waals surface area contributed by atoms with Crippen molar-refractivity contribution in [3.63, 3.8) is 0 Å². The number of sulfone groups is 1. The van der Waals surface area contributed by atoms with Crippen LogP contribution in [0.1, 0.15) is 35.6 Å². The first kappa shape index (κ1) is 35.9. The fourth-order valence-electron chi connectivity index (χ4n) is 5.58. The zero-order valence-electron chi connectivity index (χ0n) is 27.3.